The van der Waals surface area contributed by atoms with Crippen LogP contribution in [0.1, 0.15) is 16.1 Å². The van der Waals surface area contributed by atoms with Crippen molar-refractivity contribution in [2.24, 2.45) is 0 Å². The van der Waals surface area contributed by atoms with E-state index in [2.05, 4.69) is 20.2 Å². The van der Waals surface area contributed by atoms with E-state index in [0.29, 0.717) is 22.5 Å². The third kappa shape index (κ3) is 4.59. The van der Waals surface area contributed by atoms with E-state index >= 15 is 0 Å². The number of carbonyl (C=O) groups excluding carboxylic acids is 2. The summed E-state index contributed by atoms with van der Waals surface area (Å²) in [6, 6.07) is 11.6. The van der Waals surface area contributed by atoms with Gasteiger partial charge in [-0.1, -0.05) is 11.2 Å². The van der Waals surface area contributed by atoms with Crippen LogP contribution in [0, 0.1) is 6.92 Å². The Kier molecular flexibility index (Phi) is 5.60. The maximum Gasteiger partial charge on any atom is 0.340 e. The van der Waals surface area contributed by atoms with Crippen LogP contribution in [0.2, 0.25) is 0 Å². The number of nitrogens with one attached hydrogen (secondary N) is 2. The zero-order chi connectivity index (χ0) is 22.7. The molecule has 0 fully saturated rings. The summed E-state index contributed by atoms with van der Waals surface area (Å²) in [5, 5.41) is 6.10. The number of nitrogens with zero attached hydrogens (tertiary/aromatic N) is 2. The molecule has 0 atom stereocenters. The van der Waals surface area contributed by atoms with E-state index in [1.54, 1.807) is 19.1 Å². The molecule has 1 amide bonds. The fourth-order valence-corrected chi connectivity index (χ4v) is 3.77. The minimum atomic E-state index is -3.88. The molecule has 0 spiro atoms. The van der Waals surface area contributed by atoms with Crippen LogP contribution in [-0.2, 0) is 19.6 Å². The predicted molar refractivity (Wildman–Crippen MR) is 111 cm³/mol. The van der Waals surface area contributed by atoms with Crippen LogP contribution < -0.4 is 10.0 Å². The van der Waals surface area contributed by atoms with Gasteiger partial charge < -0.3 is 19.0 Å². The van der Waals surface area contributed by atoms with Gasteiger partial charge in [0.15, 0.2) is 24.4 Å². The molecule has 0 bridgehead atoms. The highest BCUT2D eigenvalue weighted by Gasteiger charge is 2.18. The zero-order valence-electron chi connectivity index (χ0n) is 16.6. The van der Waals surface area contributed by atoms with Crippen LogP contribution in [0.15, 0.2) is 68.8 Å². The molecule has 4 aromatic rings. The molecule has 0 saturated carbocycles. The Balaban J connectivity index is 1.34. The fourth-order valence-electron chi connectivity index (χ4n) is 2.79. The van der Waals surface area contributed by atoms with E-state index in [1.165, 1.54) is 42.8 Å². The number of oxazole rings is 1. The Bertz CT molecular complexity index is 1390. The average Bonchev–Trinajstić information content (AvgIpc) is 3.40. The van der Waals surface area contributed by atoms with Crippen molar-refractivity contribution in [3.05, 3.63) is 66.2 Å². The minimum Gasteiger partial charge on any atom is -0.452 e. The number of carbonyl (C=O) groups is 2. The number of para-hydroxylation sites is 1. The topological polar surface area (TPSA) is 154 Å². The van der Waals surface area contributed by atoms with Gasteiger partial charge in [0, 0.05) is 11.8 Å². The highest BCUT2D eigenvalue weighted by molar-refractivity contribution is 7.92. The lowest BCUT2D eigenvalue weighted by atomic mass is 10.2. The number of ether oxygens (including phenoxy) is 1. The van der Waals surface area contributed by atoms with Crippen molar-refractivity contribution in [3.63, 3.8) is 0 Å². The molecule has 0 unspecified atom stereocenters. The molecule has 164 valence electrons. The van der Waals surface area contributed by atoms with Gasteiger partial charge in [-0.15, -0.1) is 0 Å². The monoisotopic (exact) mass is 456 g/mol. The summed E-state index contributed by atoms with van der Waals surface area (Å²) in [4.78, 5) is 28.3. The van der Waals surface area contributed by atoms with E-state index in [4.69, 9.17) is 13.7 Å². The molecule has 2 aromatic carbocycles. The van der Waals surface area contributed by atoms with Crippen molar-refractivity contribution in [2.45, 2.75) is 11.8 Å². The first-order chi connectivity index (χ1) is 15.3. The molecule has 2 aromatic heterocycles. The van der Waals surface area contributed by atoms with Crippen molar-refractivity contribution >= 4 is 44.5 Å². The Morgan fingerprint density at radius 3 is 2.62 bits per heavy atom. The molecular formula is C20H16N4O7S. The van der Waals surface area contributed by atoms with Crippen molar-refractivity contribution < 1.29 is 31.7 Å². The number of anilines is 2. The third-order valence-electron chi connectivity index (χ3n) is 4.23. The molecule has 2 N–H and O–H groups in total. The lowest BCUT2D eigenvalue weighted by molar-refractivity contribution is -0.119. The van der Waals surface area contributed by atoms with Gasteiger partial charge >= 0.3 is 5.97 Å². The van der Waals surface area contributed by atoms with Gasteiger partial charge in [-0.2, -0.15) is 0 Å². The maximum absolute atomic E-state index is 12.4. The number of rotatable bonds is 7. The minimum absolute atomic E-state index is 0.0386. The van der Waals surface area contributed by atoms with Gasteiger partial charge in [0.25, 0.3) is 15.9 Å². The molecule has 12 heteroatoms. The number of fused-ring (bicyclic) bond motifs is 1. The third-order valence-corrected chi connectivity index (χ3v) is 5.60. The molecule has 2 heterocycles. The summed E-state index contributed by atoms with van der Waals surface area (Å²) >= 11 is 0. The van der Waals surface area contributed by atoms with E-state index in [1.807, 2.05) is 0 Å². The molecule has 0 aliphatic rings. The molecule has 4 rings (SSSR count). The van der Waals surface area contributed by atoms with Crippen LogP contribution in [0.25, 0.3) is 11.1 Å². The van der Waals surface area contributed by atoms with E-state index in [-0.39, 0.29) is 16.3 Å². The molecule has 0 saturated heterocycles. The molecule has 0 aliphatic heterocycles. The largest absolute Gasteiger partial charge is 0.452 e. The summed E-state index contributed by atoms with van der Waals surface area (Å²) in [7, 11) is -3.88. The van der Waals surface area contributed by atoms with Crippen LogP contribution >= 0.6 is 0 Å². The first-order valence-corrected chi connectivity index (χ1v) is 10.7. The molecular weight excluding hydrogens is 440 g/mol. The van der Waals surface area contributed by atoms with Crippen molar-refractivity contribution in [1.29, 1.82) is 0 Å². The molecule has 0 aliphatic carbocycles. The summed E-state index contributed by atoms with van der Waals surface area (Å²) in [6.45, 7) is 1.09. The maximum atomic E-state index is 12.4. The van der Waals surface area contributed by atoms with Crippen molar-refractivity contribution in [1.82, 2.24) is 10.1 Å². The SMILES string of the molecule is Cc1cc(NS(=O)(=O)c2ccc(NC(=O)COC(=O)c3cccc4ocnc34)cc2)no1. The van der Waals surface area contributed by atoms with Gasteiger partial charge in [-0.25, -0.2) is 18.2 Å². The Hall–Kier alpha value is -4.19. The van der Waals surface area contributed by atoms with Crippen molar-refractivity contribution in [2.75, 3.05) is 16.6 Å². The highest BCUT2D eigenvalue weighted by Crippen LogP contribution is 2.19. The van der Waals surface area contributed by atoms with Crippen molar-refractivity contribution in [3.8, 4) is 0 Å². The van der Waals surface area contributed by atoms with Crippen LogP contribution in [0.5, 0.6) is 0 Å². The summed E-state index contributed by atoms with van der Waals surface area (Å²) < 4.78 is 42.0. The van der Waals surface area contributed by atoms with Gasteiger partial charge in [-0.3, -0.25) is 9.52 Å². The quantitative estimate of drug-likeness (QED) is 0.399. The van der Waals surface area contributed by atoms with E-state index in [9.17, 15) is 18.0 Å². The summed E-state index contributed by atoms with van der Waals surface area (Å²) in [5.41, 5.74) is 1.26. The van der Waals surface area contributed by atoms with Gasteiger partial charge in [0.05, 0.1) is 10.5 Å². The fraction of sp³-hybridized carbons (Fsp3) is 0.100. The summed E-state index contributed by atoms with van der Waals surface area (Å²) in [5.74, 6) is -0.810. The van der Waals surface area contributed by atoms with E-state index in [0.717, 1.165) is 0 Å². The highest BCUT2D eigenvalue weighted by atomic mass is 32.2. The second kappa shape index (κ2) is 8.51. The Morgan fingerprint density at radius 2 is 1.91 bits per heavy atom. The number of hydrogen-bond acceptors (Lipinski definition) is 9. The second-order valence-electron chi connectivity index (χ2n) is 6.58. The molecule has 32 heavy (non-hydrogen) atoms. The number of hydrogen-bond donors (Lipinski definition) is 2. The number of benzene rings is 2. The smallest absolute Gasteiger partial charge is 0.340 e. The lowest BCUT2D eigenvalue weighted by Crippen LogP contribution is -2.21. The molecule has 0 radical (unpaired) electrons. The average molecular weight is 456 g/mol. The number of esters is 1. The van der Waals surface area contributed by atoms with Gasteiger partial charge in [0.1, 0.15) is 11.3 Å². The number of aryl methyl sites for hydroxylation is 1. The van der Waals surface area contributed by atoms with Crippen LogP contribution in [0.4, 0.5) is 11.5 Å². The van der Waals surface area contributed by atoms with Crippen LogP contribution in [0.3, 0.4) is 0 Å². The van der Waals surface area contributed by atoms with E-state index < -0.39 is 28.5 Å². The van der Waals surface area contributed by atoms with Crippen LogP contribution in [-0.4, -0.2) is 37.0 Å². The zero-order valence-corrected chi connectivity index (χ0v) is 17.4. The predicted octanol–water partition coefficient (Wildman–Crippen LogP) is 2.72. The normalized spacial score (nSPS) is 11.3. The molecule has 11 nitrogen and oxygen atoms in total. The first-order valence-electron chi connectivity index (χ1n) is 9.17. The van der Waals surface area contributed by atoms with Gasteiger partial charge in [0.2, 0.25) is 0 Å². The van der Waals surface area contributed by atoms with Gasteiger partial charge in [-0.05, 0) is 43.3 Å². The Labute approximate surface area is 181 Å². The second-order valence-corrected chi connectivity index (χ2v) is 8.26. The number of aromatic nitrogens is 2. The Morgan fingerprint density at radius 1 is 1.12 bits per heavy atom. The number of sulfonamides is 1. The lowest BCUT2D eigenvalue weighted by Gasteiger charge is -2.08. The number of amides is 1. The first kappa shape index (κ1) is 21.1. The standard InChI is InChI=1S/C20H16N4O7S/c1-12-9-17(23-31-12)24-32(27,28)14-7-5-13(6-8-14)22-18(25)10-29-20(26)15-3-2-4-16-19(15)21-11-30-16/h2-9,11H,10H2,1H3,(H,22,25)(H,23,24). The summed E-state index contributed by atoms with van der Waals surface area (Å²) in [6.07, 6.45) is 1.21.